The van der Waals surface area contributed by atoms with Gasteiger partial charge in [0.2, 0.25) is 12.3 Å². The summed E-state index contributed by atoms with van der Waals surface area (Å²) in [4.78, 5) is 51.2. The second-order valence-electron chi connectivity index (χ2n) is 15.6. The number of likely N-dealkylation sites (tertiary alicyclic amines) is 1. The minimum Gasteiger partial charge on any atom is -0.385 e. The first-order chi connectivity index (χ1) is 23.4. The van der Waals surface area contributed by atoms with Gasteiger partial charge in [0.25, 0.3) is 0 Å². The summed E-state index contributed by atoms with van der Waals surface area (Å²) in [5.41, 5.74) is 1.68. The number of nitrogens with zero attached hydrogens (tertiary/aromatic N) is 4. The number of amides is 2. The Morgan fingerprint density at radius 2 is 1.78 bits per heavy atom. The van der Waals surface area contributed by atoms with Crippen LogP contribution < -0.4 is 10.2 Å². The number of Topliss-reactive ketones (excluding diaryl/α,β-unsaturated/α-hetero) is 1. The van der Waals surface area contributed by atoms with Crippen LogP contribution in [0.5, 0.6) is 0 Å². The third-order valence-electron chi connectivity index (χ3n) is 8.75. The predicted molar refractivity (Wildman–Crippen MR) is 198 cm³/mol. The van der Waals surface area contributed by atoms with Gasteiger partial charge in [-0.05, 0) is 69.6 Å². The predicted octanol–water partition coefficient (Wildman–Crippen LogP) is 7.10. The molecular weight excluding hydrogens is 637 g/mol. The maximum absolute atomic E-state index is 13.9. The number of piperidine rings is 1. The normalized spacial score (nSPS) is 17.3. The Balaban J connectivity index is 0.000000684. The first kappa shape index (κ1) is 42.7. The van der Waals surface area contributed by atoms with Crippen molar-refractivity contribution < 1.29 is 28.2 Å². The lowest BCUT2D eigenvalue weighted by atomic mass is 9.84. The van der Waals surface area contributed by atoms with Crippen molar-refractivity contribution in [2.75, 3.05) is 57.2 Å². The van der Waals surface area contributed by atoms with Crippen molar-refractivity contribution in [3.63, 3.8) is 0 Å². The van der Waals surface area contributed by atoms with Gasteiger partial charge in [-0.3, -0.25) is 14.4 Å². The van der Waals surface area contributed by atoms with Crippen molar-refractivity contribution in [1.82, 2.24) is 14.9 Å². The van der Waals surface area contributed by atoms with Crippen molar-refractivity contribution in [2.45, 2.75) is 105 Å². The van der Waals surface area contributed by atoms with Crippen LogP contribution in [0.15, 0.2) is 24.4 Å². The Hall–Kier alpha value is -3.44. The molecule has 2 aromatic rings. The van der Waals surface area contributed by atoms with Crippen LogP contribution in [0.25, 0.3) is 0 Å². The van der Waals surface area contributed by atoms with Gasteiger partial charge in [-0.2, -0.15) is 0 Å². The standard InChI is InChI=1S/C29H38FN5O4.C5H12O.C5H12/c1-29(2,3)28-32-15-23(26(33-28)31-9-5-11-39-4)25(37)13-19-12-21(17-34(16-19)18-36)27(38)35-10-8-20-6-7-22(30)14-24(20)35;1-5(2,3)6-4;1-4-5(2)3/h6-7,14-15,18-19,21H,5,8-13,16-17H2,1-4H3,(H,31,32,33);1-4H3;5H,4H2,1-3H3. The number of hydrogen-bond donors (Lipinski definition) is 1. The van der Waals surface area contributed by atoms with Crippen LogP contribution in [0.4, 0.5) is 15.9 Å². The Labute approximate surface area is 299 Å². The van der Waals surface area contributed by atoms with Crippen LogP contribution in [0.1, 0.15) is 110 Å². The first-order valence-corrected chi connectivity index (χ1v) is 17.9. The Bertz CT molecular complexity index is 1390. The highest BCUT2D eigenvalue weighted by atomic mass is 19.1. The highest BCUT2D eigenvalue weighted by Gasteiger charge is 2.37. The van der Waals surface area contributed by atoms with Crippen molar-refractivity contribution in [3.8, 4) is 0 Å². The number of hydrogen-bond acceptors (Lipinski definition) is 8. The molecule has 2 unspecified atom stereocenters. The lowest BCUT2D eigenvalue weighted by Gasteiger charge is -2.36. The summed E-state index contributed by atoms with van der Waals surface area (Å²) in [7, 11) is 3.35. The molecule has 3 heterocycles. The van der Waals surface area contributed by atoms with Crippen molar-refractivity contribution in [1.29, 1.82) is 0 Å². The van der Waals surface area contributed by atoms with E-state index in [9.17, 15) is 18.8 Å². The fourth-order valence-electron chi connectivity index (χ4n) is 5.33. The molecule has 0 saturated carbocycles. The smallest absolute Gasteiger partial charge is 0.231 e. The van der Waals surface area contributed by atoms with E-state index in [1.54, 1.807) is 36.3 Å². The molecule has 2 aliphatic rings. The Morgan fingerprint density at radius 1 is 1.12 bits per heavy atom. The second-order valence-corrected chi connectivity index (χ2v) is 15.6. The van der Waals surface area contributed by atoms with Crippen LogP contribution in [-0.2, 0) is 30.9 Å². The summed E-state index contributed by atoms with van der Waals surface area (Å²) in [5.74, 6) is 0.666. The van der Waals surface area contributed by atoms with Crippen LogP contribution in [0.2, 0.25) is 0 Å². The summed E-state index contributed by atoms with van der Waals surface area (Å²) < 4.78 is 24.0. The zero-order chi connectivity index (χ0) is 37.6. The zero-order valence-electron chi connectivity index (χ0n) is 32.4. The highest BCUT2D eigenvalue weighted by Crippen LogP contribution is 2.34. The summed E-state index contributed by atoms with van der Waals surface area (Å²) in [6.07, 6.45) is 5.66. The molecule has 2 aliphatic heterocycles. The molecule has 10 nitrogen and oxygen atoms in total. The molecule has 11 heteroatoms. The van der Waals surface area contributed by atoms with Crippen LogP contribution in [0.3, 0.4) is 0 Å². The minimum atomic E-state index is -0.470. The van der Waals surface area contributed by atoms with E-state index in [0.717, 1.165) is 24.3 Å². The molecule has 1 aromatic carbocycles. The SMILES string of the molecule is CCC(C)C.COC(C)(C)C.COCCCNc1nc(C(C)(C)C)ncc1C(=O)CC1CC(C(=O)N2CCc3ccc(F)cc32)CN(C=O)C1. The molecule has 2 atom stereocenters. The molecule has 280 valence electrons. The third kappa shape index (κ3) is 13.7. The lowest BCUT2D eigenvalue weighted by molar-refractivity contribution is -0.128. The average molecular weight is 700 g/mol. The summed E-state index contributed by atoms with van der Waals surface area (Å²) in [6.45, 7) is 21.1. The number of rotatable bonds is 11. The maximum atomic E-state index is 13.9. The molecule has 0 spiro atoms. The fraction of sp³-hybridized carbons (Fsp3) is 0.667. The fourth-order valence-corrected chi connectivity index (χ4v) is 5.33. The van der Waals surface area contributed by atoms with Crippen molar-refractivity contribution in [2.24, 2.45) is 17.8 Å². The second kappa shape index (κ2) is 19.8. The number of carbonyl (C=O) groups excluding carboxylic acids is 3. The van der Waals surface area contributed by atoms with Crippen LogP contribution >= 0.6 is 0 Å². The quantitative estimate of drug-likeness (QED) is 0.150. The van der Waals surface area contributed by atoms with Gasteiger partial charge in [-0.25, -0.2) is 14.4 Å². The number of methoxy groups -OCH3 is 2. The summed E-state index contributed by atoms with van der Waals surface area (Å²) >= 11 is 0. The molecule has 0 aliphatic carbocycles. The molecule has 50 heavy (non-hydrogen) atoms. The number of nitrogens with one attached hydrogen (secondary N) is 1. The summed E-state index contributed by atoms with van der Waals surface area (Å²) in [5, 5.41) is 3.27. The number of benzene rings is 1. The molecule has 1 fully saturated rings. The maximum Gasteiger partial charge on any atom is 0.231 e. The van der Waals surface area contributed by atoms with Gasteiger partial charge in [0.1, 0.15) is 17.5 Å². The van der Waals surface area contributed by atoms with Gasteiger partial charge >= 0.3 is 0 Å². The molecular formula is C39H62FN5O5. The molecule has 0 bridgehead atoms. The van der Waals surface area contributed by atoms with Gasteiger partial charge in [-0.15, -0.1) is 0 Å². The highest BCUT2D eigenvalue weighted by molar-refractivity contribution is 6.00. The number of carbonyl (C=O) groups is 3. The van der Waals surface area contributed by atoms with E-state index in [4.69, 9.17) is 9.47 Å². The topological polar surface area (TPSA) is 114 Å². The van der Waals surface area contributed by atoms with Crippen LogP contribution in [0, 0.1) is 23.6 Å². The molecule has 1 aromatic heterocycles. The van der Waals surface area contributed by atoms with E-state index in [1.807, 2.05) is 41.5 Å². The van der Waals surface area contributed by atoms with Gasteiger partial charge in [-0.1, -0.05) is 54.0 Å². The summed E-state index contributed by atoms with van der Waals surface area (Å²) in [6, 6.07) is 4.51. The monoisotopic (exact) mass is 699 g/mol. The number of halogens is 1. The van der Waals surface area contributed by atoms with E-state index in [0.29, 0.717) is 62.0 Å². The largest absolute Gasteiger partial charge is 0.385 e. The van der Waals surface area contributed by atoms with Gasteiger partial charge in [0, 0.05) is 70.7 Å². The Kier molecular flexibility index (Phi) is 16.9. The Morgan fingerprint density at radius 3 is 2.34 bits per heavy atom. The van der Waals surface area contributed by atoms with E-state index < -0.39 is 5.92 Å². The van der Waals surface area contributed by atoms with Gasteiger partial charge in [0.15, 0.2) is 5.78 Å². The zero-order valence-corrected chi connectivity index (χ0v) is 32.4. The minimum absolute atomic E-state index is 0.0417. The molecule has 1 saturated heterocycles. The molecule has 1 N–H and O–H groups in total. The number of anilines is 2. The molecule has 2 amide bonds. The molecule has 4 rings (SSSR count). The molecule has 0 radical (unpaired) electrons. The third-order valence-corrected chi connectivity index (χ3v) is 8.75. The van der Waals surface area contributed by atoms with Crippen LogP contribution in [-0.4, -0.2) is 85.6 Å². The number of fused-ring (bicyclic) bond motifs is 1. The van der Waals surface area contributed by atoms with Gasteiger partial charge < -0.3 is 24.6 Å². The number of aromatic nitrogens is 2. The van der Waals surface area contributed by atoms with Crippen molar-refractivity contribution in [3.05, 3.63) is 47.2 Å². The number of ketones is 1. The van der Waals surface area contributed by atoms with E-state index in [1.165, 1.54) is 18.6 Å². The first-order valence-electron chi connectivity index (χ1n) is 17.9. The number of ether oxygens (including phenoxy) is 2. The lowest BCUT2D eigenvalue weighted by Crippen LogP contribution is -2.47. The van der Waals surface area contributed by atoms with E-state index in [2.05, 4.69) is 36.1 Å². The van der Waals surface area contributed by atoms with E-state index in [-0.39, 0.29) is 47.4 Å². The van der Waals surface area contributed by atoms with Crippen molar-refractivity contribution >= 4 is 29.6 Å². The van der Waals surface area contributed by atoms with Gasteiger partial charge in [0.05, 0.1) is 17.1 Å². The average Bonchev–Trinajstić information content (AvgIpc) is 3.48. The van der Waals surface area contributed by atoms with E-state index >= 15 is 0 Å².